The van der Waals surface area contributed by atoms with Gasteiger partial charge in [-0.15, -0.1) is 0 Å². The molecule has 170 valence electrons. The second-order valence-corrected chi connectivity index (χ2v) is 8.96. The van der Waals surface area contributed by atoms with Crippen molar-refractivity contribution in [1.82, 2.24) is 10.2 Å². The lowest BCUT2D eigenvalue weighted by Gasteiger charge is -2.36. The second-order valence-electron chi connectivity index (χ2n) is 8.13. The number of nitrogens with zero attached hydrogens (tertiary/aromatic N) is 2. The highest BCUT2D eigenvalue weighted by Crippen LogP contribution is 2.45. The van der Waals surface area contributed by atoms with E-state index in [1.807, 2.05) is 48.4 Å². The lowest BCUT2D eigenvalue weighted by Crippen LogP contribution is -2.39. The number of methoxy groups -OCH3 is 1. The van der Waals surface area contributed by atoms with E-state index in [9.17, 15) is 9.59 Å². The average Bonchev–Trinajstić information content (AvgIpc) is 3.46. The molecule has 4 rings (SSSR count). The minimum Gasteiger partial charge on any atom is -0.466 e. The summed E-state index contributed by atoms with van der Waals surface area (Å²) >= 11 is 1.48. The first-order valence-electron chi connectivity index (χ1n) is 11.0. The number of hydrogen-bond donors (Lipinski definition) is 1. The van der Waals surface area contributed by atoms with Crippen molar-refractivity contribution in [2.24, 2.45) is 4.99 Å². The number of thioether (sulfide) groups is 1. The van der Waals surface area contributed by atoms with Crippen LogP contribution in [0.25, 0.3) is 0 Å². The molecule has 0 aliphatic carbocycles. The number of rotatable bonds is 7. The maximum absolute atomic E-state index is 12.9. The number of carbonyl (C=O) groups is 2. The largest absolute Gasteiger partial charge is 0.466 e. The van der Waals surface area contributed by atoms with Gasteiger partial charge in [0.1, 0.15) is 0 Å². The maximum atomic E-state index is 12.9. The number of fused-ring (bicyclic) bond motifs is 1. The van der Waals surface area contributed by atoms with Gasteiger partial charge in [-0.25, -0.2) is 9.79 Å². The van der Waals surface area contributed by atoms with Gasteiger partial charge in [0.15, 0.2) is 5.17 Å². The monoisotopic (exact) mass is 455 g/mol. The smallest absolute Gasteiger partial charge is 0.338 e. The number of nitrogens with one attached hydrogen (secondary N) is 1. The first-order valence-corrected chi connectivity index (χ1v) is 11.9. The van der Waals surface area contributed by atoms with E-state index in [0.29, 0.717) is 18.5 Å². The number of ether oxygens (including phenoxy) is 2. The Balaban J connectivity index is 1.62. The predicted molar refractivity (Wildman–Crippen MR) is 125 cm³/mol. The molecule has 0 aromatic heterocycles. The first-order chi connectivity index (χ1) is 15.5. The van der Waals surface area contributed by atoms with E-state index in [2.05, 4.69) is 5.32 Å². The third kappa shape index (κ3) is 4.61. The van der Waals surface area contributed by atoms with Crippen LogP contribution in [0.15, 0.2) is 51.6 Å². The molecular formula is C24H29N3O4S. The van der Waals surface area contributed by atoms with Crippen molar-refractivity contribution in [2.45, 2.75) is 51.7 Å². The molecule has 1 N–H and O–H groups in total. The Hall–Kier alpha value is -2.58. The Bertz CT molecular complexity index is 977. The molecule has 3 aliphatic rings. The summed E-state index contributed by atoms with van der Waals surface area (Å²) in [7, 11) is 1.39. The molecule has 1 saturated heterocycles. The average molecular weight is 456 g/mol. The Labute approximate surface area is 192 Å². The molecule has 32 heavy (non-hydrogen) atoms. The fourth-order valence-electron chi connectivity index (χ4n) is 4.24. The van der Waals surface area contributed by atoms with Gasteiger partial charge in [0.25, 0.3) is 0 Å². The summed E-state index contributed by atoms with van der Waals surface area (Å²) in [6, 6.07) is 7.72. The van der Waals surface area contributed by atoms with E-state index in [0.717, 1.165) is 47.1 Å². The fourth-order valence-corrected chi connectivity index (χ4v) is 5.17. The number of amidine groups is 1. The third-order valence-corrected chi connectivity index (χ3v) is 6.80. The zero-order valence-corrected chi connectivity index (χ0v) is 19.5. The topological polar surface area (TPSA) is 80.2 Å². The molecule has 2 atom stereocenters. The minimum absolute atomic E-state index is 0.0684. The molecular weight excluding hydrogens is 426 g/mol. The molecule has 0 bridgehead atoms. The summed E-state index contributed by atoms with van der Waals surface area (Å²) in [5.74, 6) is -0.463. The summed E-state index contributed by atoms with van der Waals surface area (Å²) in [6.45, 7) is 5.30. The molecule has 1 aromatic rings. The molecule has 3 heterocycles. The number of amides is 1. The lowest BCUT2D eigenvalue weighted by molar-refractivity contribution is -0.136. The van der Waals surface area contributed by atoms with Crippen molar-refractivity contribution in [1.29, 1.82) is 0 Å². The number of hydrogen-bond acceptors (Lipinski definition) is 7. The van der Waals surface area contributed by atoms with Crippen LogP contribution in [0.3, 0.4) is 0 Å². The Morgan fingerprint density at radius 3 is 2.75 bits per heavy atom. The Morgan fingerprint density at radius 1 is 1.31 bits per heavy atom. The summed E-state index contributed by atoms with van der Waals surface area (Å²) in [5.41, 5.74) is 4.16. The van der Waals surface area contributed by atoms with E-state index in [1.54, 1.807) is 0 Å². The van der Waals surface area contributed by atoms with Crippen LogP contribution in [-0.2, 0) is 19.1 Å². The van der Waals surface area contributed by atoms with Gasteiger partial charge in [0.05, 0.1) is 36.9 Å². The number of allylic oxidation sites excluding steroid dienone is 1. The second kappa shape index (κ2) is 9.92. The van der Waals surface area contributed by atoms with Crippen molar-refractivity contribution >= 4 is 28.8 Å². The van der Waals surface area contributed by atoms with E-state index >= 15 is 0 Å². The molecule has 0 unspecified atom stereocenters. The van der Waals surface area contributed by atoms with Gasteiger partial charge < -0.3 is 19.7 Å². The molecule has 0 saturated carbocycles. The van der Waals surface area contributed by atoms with Gasteiger partial charge in [-0.1, -0.05) is 48.5 Å². The van der Waals surface area contributed by atoms with Crippen molar-refractivity contribution in [3.63, 3.8) is 0 Å². The number of esters is 1. The molecule has 0 spiro atoms. The van der Waals surface area contributed by atoms with Gasteiger partial charge in [-0.3, -0.25) is 4.79 Å². The molecule has 1 aromatic carbocycles. The number of carbonyl (C=O) groups excluding carboxylic acids is 2. The van der Waals surface area contributed by atoms with Crippen LogP contribution in [0.5, 0.6) is 0 Å². The SMILES string of the molecule is CCC1=C(C(=O)OC)[C@@H](c2ccc(C)cc2)N2C(CC(=O)NC[C@H]3CCCO3)=CSC2=N1. The highest BCUT2D eigenvalue weighted by atomic mass is 32.2. The summed E-state index contributed by atoms with van der Waals surface area (Å²) < 4.78 is 10.7. The van der Waals surface area contributed by atoms with Gasteiger partial charge in [0.2, 0.25) is 5.91 Å². The van der Waals surface area contributed by atoms with E-state index in [-0.39, 0.29) is 18.4 Å². The van der Waals surface area contributed by atoms with Crippen molar-refractivity contribution in [3.8, 4) is 0 Å². The first kappa shape index (κ1) is 22.6. The molecule has 7 nitrogen and oxygen atoms in total. The van der Waals surface area contributed by atoms with Gasteiger partial charge in [-0.05, 0) is 37.2 Å². The van der Waals surface area contributed by atoms with Crippen LogP contribution in [-0.4, -0.2) is 48.3 Å². The third-order valence-electron chi connectivity index (χ3n) is 5.91. The summed E-state index contributed by atoms with van der Waals surface area (Å²) in [4.78, 5) is 32.3. The van der Waals surface area contributed by atoms with Crippen LogP contribution >= 0.6 is 11.8 Å². The van der Waals surface area contributed by atoms with Crippen LogP contribution in [0.2, 0.25) is 0 Å². The van der Waals surface area contributed by atoms with Crippen molar-refractivity contribution in [2.75, 3.05) is 20.3 Å². The molecule has 1 amide bonds. The number of benzene rings is 1. The molecule has 0 radical (unpaired) electrons. The Kier molecular flexibility index (Phi) is 7.01. The van der Waals surface area contributed by atoms with Crippen molar-refractivity contribution < 1.29 is 19.1 Å². The van der Waals surface area contributed by atoms with Crippen LogP contribution in [0.4, 0.5) is 0 Å². The van der Waals surface area contributed by atoms with Gasteiger partial charge >= 0.3 is 5.97 Å². The van der Waals surface area contributed by atoms with Crippen LogP contribution < -0.4 is 5.32 Å². The standard InChI is InChI=1S/C24H29N3O4S/c1-4-19-21(23(29)30-3)22(16-9-7-15(2)8-10-16)27-17(14-32-24(27)26-19)12-20(28)25-13-18-6-5-11-31-18/h7-10,14,18,22H,4-6,11-13H2,1-3H3,(H,25,28)/t18-,22-/m1/s1. The molecule has 8 heteroatoms. The highest BCUT2D eigenvalue weighted by molar-refractivity contribution is 8.16. The highest BCUT2D eigenvalue weighted by Gasteiger charge is 2.41. The van der Waals surface area contributed by atoms with Gasteiger partial charge in [-0.2, -0.15) is 0 Å². The fraction of sp³-hybridized carbons (Fsp3) is 0.458. The van der Waals surface area contributed by atoms with Crippen LogP contribution in [0.1, 0.15) is 49.8 Å². The van der Waals surface area contributed by atoms with E-state index in [4.69, 9.17) is 14.5 Å². The van der Waals surface area contributed by atoms with Gasteiger partial charge in [0, 0.05) is 18.8 Å². The zero-order chi connectivity index (χ0) is 22.7. The van der Waals surface area contributed by atoms with E-state index < -0.39 is 12.0 Å². The normalized spacial score (nSPS) is 22.4. The quantitative estimate of drug-likeness (QED) is 0.630. The summed E-state index contributed by atoms with van der Waals surface area (Å²) in [6.07, 6.45) is 2.93. The minimum atomic E-state index is -0.394. The predicted octanol–water partition coefficient (Wildman–Crippen LogP) is 3.82. The van der Waals surface area contributed by atoms with E-state index in [1.165, 1.54) is 18.9 Å². The molecule has 3 aliphatic heterocycles. The maximum Gasteiger partial charge on any atom is 0.338 e. The van der Waals surface area contributed by atoms with Crippen LogP contribution in [0, 0.1) is 6.92 Å². The lowest BCUT2D eigenvalue weighted by atomic mass is 9.92. The summed E-state index contributed by atoms with van der Waals surface area (Å²) in [5, 5.41) is 5.73. The zero-order valence-electron chi connectivity index (χ0n) is 18.7. The Morgan fingerprint density at radius 2 is 2.09 bits per heavy atom. The number of aryl methyl sites for hydroxylation is 1. The molecule has 1 fully saturated rings. The number of aliphatic imine (C=N–C) groups is 1. The van der Waals surface area contributed by atoms with Crippen molar-refractivity contribution in [3.05, 3.63) is 57.8 Å².